The van der Waals surface area contributed by atoms with E-state index in [4.69, 9.17) is 21.3 Å². The molecule has 1 heterocycles. The lowest BCUT2D eigenvalue weighted by Crippen LogP contribution is -2.32. The summed E-state index contributed by atoms with van der Waals surface area (Å²) in [5, 5.41) is 0.596. The molecule has 1 fully saturated rings. The average molecular weight is 297 g/mol. The smallest absolute Gasteiger partial charge is 0.162 e. The lowest BCUT2D eigenvalue weighted by molar-refractivity contribution is -0.0625. The van der Waals surface area contributed by atoms with Gasteiger partial charge in [0.15, 0.2) is 5.82 Å². The highest BCUT2D eigenvalue weighted by molar-refractivity contribution is 6.30. The van der Waals surface area contributed by atoms with E-state index in [2.05, 4.69) is 11.9 Å². The standard InChI is InChI=1S/C16H25ClN2O/c1-4-13-12(3)18-15(19-14(13)17)16(20-5-2)10-8-6-7-9-11-16/h4-11H2,1-3H3. The van der Waals surface area contributed by atoms with Gasteiger partial charge in [0.25, 0.3) is 0 Å². The number of aryl methyl sites for hydroxylation is 1. The van der Waals surface area contributed by atoms with E-state index in [0.29, 0.717) is 11.8 Å². The molecule has 1 aliphatic carbocycles. The lowest BCUT2D eigenvalue weighted by atomic mass is 9.92. The maximum Gasteiger partial charge on any atom is 0.162 e. The van der Waals surface area contributed by atoms with Crippen molar-refractivity contribution in [3.8, 4) is 0 Å². The molecule has 0 bridgehead atoms. The van der Waals surface area contributed by atoms with Crippen LogP contribution in [-0.2, 0) is 16.8 Å². The number of ether oxygens (including phenoxy) is 1. The Morgan fingerprint density at radius 2 is 1.75 bits per heavy atom. The van der Waals surface area contributed by atoms with Gasteiger partial charge in [-0.2, -0.15) is 0 Å². The Labute approximate surface area is 127 Å². The number of halogens is 1. The lowest BCUT2D eigenvalue weighted by Gasteiger charge is -2.31. The molecule has 3 nitrogen and oxygen atoms in total. The molecule has 0 amide bonds. The fourth-order valence-corrected chi connectivity index (χ4v) is 3.53. The van der Waals surface area contributed by atoms with Crippen LogP contribution in [-0.4, -0.2) is 16.6 Å². The van der Waals surface area contributed by atoms with Crippen molar-refractivity contribution in [1.82, 2.24) is 9.97 Å². The average Bonchev–Trinajstić information content (AvgIpc) is 2.65. The molecule has 0 aliphatic heterocycles. The fraction of sp³-hybridized carbons (Fsp3) is 0.750. The molecule has 4 heteroatoms. The number of hydrogen-bond donors (Lipinski definition) is 0. The van der Waals surface area contributed by atoms with Gasteiger partial charge in [0.05, 0.1) is 0 Å². The van der Waals surface area contributed by atoms with Crippen LogP contribution in [0.4, 0.5) is 0 Å². The fourth-order valence-electron chi connectivity index (χ4n) is 3.17. The second kappa shape index (κ2) is 6.86. The van der Waals surface area contributed by atoms with E-state index in [1.54, 1.807) is 0 Å². The van der Waals surface area contributed by atoms with Gasteiger partial charge in [0, 0.05) is 17.9 Å². The Morgan fingerprint density at radius 3 is 2.25 bits per heavy atom. The summed E-state index contributed by atoms with van der Waals surface area (Å²) in [4.78, 5) is 9.33. The molecule has 0 unspecified atom stereocenters. The van der Waals surface area contributed by atoms with Crippen molar-refractivity contribution < 1.29 is 4.74 Å². The van der Waals surface area contributed by atoms with Crippen LogP contribution in [0.25, 0.3) is 0 Å². The Balaban J connectivity index is 2.43. The SMILES string of the molecule is CCOC1(c2nc(C)c(CC)c(Cl)n2)CCCCCC1. The summed E-state index contributed by atoms with van der Waals surface area (Å²) in [5.41, 5.74) is 1.72. The van der Waals surface area contributed by atoms with E-state index >= 15 is 0 Å². The Hall–Kier alpha value is -0.670. The first-order valence-corrected chi connectivity index (χ1v) is 8.18. The second-order valence-electron chi connectivity index (χ2n) is 5.60. The third-order valence-electron chi connectivity index (χ3n) is 4.26. The highest BCUT2D eigenvalue weighted by Gasteiger charge is 2.37. The van der Waals surface area contributed by atoms with Crippen LogP contribution < -0.4 is 0 Å². The van der Waals surface area contributed by atoms with Gasteiger partial charge < -0.3 is 4.74 Å². The third kappa shape index (κ3) is 3.15. The minimum absolute atomic E-state index is 0.327. The van der Waals surface area contributed by atoms with E-state index in [1.165, 1.54) is 25.7 Å². The summed E-state index contributed by atoms with van der Waals surface area (Å²) in [6.07, 6.45) is 7.77. The molecule has 1 aromatic rings. The third-order valence-corrected chi connectivity index (χ3v) is 4.57. The number of hydrogen-bond acceptors (Lipinski definition) is 3. The van der Waals surface area contributed by atoms with Crippen LogP contribution in [0.1, 0.15) is 69.5 Å². The molecule has 0 spiro atoms. The summed E-state index contributed by atoms with van der Waals surface area (Å²) in [7, 11) is 0. The highest BCUT2D eigenvalue weighted by atomic mass is 35.5. The molecule has 1 saturated carbocycles. The van der Waals surface area contributed by atoms with Crippen LogP contribution in [0, 0.1) is 6.92 Å². The molecular formula is C16H25ClN2O. The van der Waals surface area contributed by atoms with E-state index in [0.717, 1.165) is 36.3 Å². The van der Waals surface area contributed by atoms with Crippen molar-refractivity contribution in [2.45, 2.75) is 71.3 Å². The van der Waals surface area contributed by atoms with Crippen molar-refractivity contribution in [3.63, 3.8) is 0 Å². The van der Waals surface area contributed by atoms with E-state index in [1.807, 2.05) is 13.8 Å². The van der Waals surface area contributed by atoms with Crippen LogP contribution in [0.15, 0.2) is 0 Å². The van der Waals surface area contributed by atoms with Gasteiger partial charge in [-0.15, -0.1) is 0 Å². The van der Waals surface area contributed by atoms with Gasteiger partial charge >= 0.3 is 0 Å². The monoisotopic (exact) mass is 296 g/mol. The van der Waals surface area contributed by atoms with Gasteiger partial charge in [-0.1, -0.05) is 44.2 Å². The molecule has 1 aromatic heterocycles. The predicted octanol–water partition coefficient (Wildman–Crippen LogP) is 4.59. The van der Waals surface area contributed by atoms with Crippen molar-refractivity contribution >= 4 is 11.6 Å². The summed E-state index contributed by atoms with van der Waals surface area (Å²) in [6, 6.07) is 0. The maximum absolute atomic E-state index is 6.35. The first-order valence-electron chi connectivity index (χ1n) is 7.80. The highest BCUT2D eigenvalue weighted by Crippen LogP contribution is 2.38. The molecule has 2 rings (SSSR count). The summed E-state index contributed by atoms with van der Waals surface area (Å²) in [5.74, 6) is 0.793. The minimum Gasteiger partial charge on any atom is -0.367 e. The molecule has 1 aliphatic rings. The van der Waals surface area contributed by atoms with Gasteiger partial charge in [-0.25, -0.2) is 9.97 Å². The number of nitrogens with zero attached hydrogens (tertiary/aromatic N) is 2. The first-order chi connectivity index (χ1) is 9.63. The zero-order chi connectivity index (χ0) is 14.6. The van der Waals surface area contributed by atoms with Crippen molar-refractivity contribution in [1.29, 1.82) is 0 Å². The van der Waals surface area contributed by atoms with Gasteiger partial charge in [-0.05, 0) is 33.1 Å². The van der Waals surface area contributed by atoms with Gasteiger partial charge in [0.2, 0.25) is 0 Å². The van der Waals surface area contributed by atoms with Crippen LogP contribution in [0.2, 0.25) is 5.15 Å². The minimum atomic E-state index is -0.327. The topological polar surface area (TPSA) is 35.0 Å². The number of aromatic nitrogens is 2. The molecule has 0 saturated heterocycles. The predicted molar refractivity (Wildman–Crippen MR) is 82.2 cm³/mol. The quantitative estimate of drug-likeness (QED) is 0.602. The van der Waals surface area contributed by atoms with E-state index in [-0.39, 0.29) is 5.60 Å². The molecule has 0 aromatic carbocycles. The van der Waals surface area contributed by atoms with Crippen molar-refractivity contribution in [3.05, 3.63) is 22.2 Å². The molecular weight excluding hydrogens is 272 g/mol. The first kappa shape index (κ1) is 15.7. The summed E-state index contributed by atoms with van der Waals surface area (Å²) in [6.45, 7) is 6.84. The van der Waals surface area contributed by atoms with Crippen LogP contribution in [0.5, 0.6) is 0 Å². The normalized spacial score (nSPS) is 18.8. The van der Waals surface area contributed by atoms with Gasteiger partial charge in [-0.3, -0.25) is 0 Å². The second-order valence-corrected chi connectivity index (χ2v) is 5.96. The number of rotatable bonds is 4. The summed E-state index contributed by atoms with van der Waals surface area (Å²) < 4.78 is 6.14. The van der Waals surface area contributed by atoms with Crippen LogP contribution in [0.3, 0.4) is 0 Å². The van der Waals surface area contributed by atoms with Gasteiger partial charge in [0.1, 0.15) is 10.8 Å². The van der Waals surface area contributed by atoms with Crippen LogP contribution >= 0.6 is 11.6 Å². The van der Waals surface area contributed by atoms with E-state index < -0.39 is 0 Å². The molecule has 0 radical (unpaired) electrons. The Morgan fingerprint density at radius 1 is 1.10 bits per heavy atom. The molecule has 0 N–H and O–H groups in total. The maximum atomic E-state index is 6.35. The molecule has 0 atom stereocenters. The Bertz CT molecular complexity index is 431. The zero-order valence-corrected chi connectivity index (χ0v) is 13.6. The Kier molecular flexibility index (Phi) is 5.39. The van der Waals surface area contributed by atoms with Crippen molar-refractivity contribution in [2.24, 2.45) is 0 Å². The van der Waals surface area contributed by atoms with Crippen molar-refractivity contribution in [2.75, 3.05) is 6.61 Å². The molecule has 20 heavy (non-hydrogen) atoms. The zero-order valence-electron chi connectivity index (χ0n) is 12.8. The largest absolute Gasteiger partial charge is 0.367 e. The van der Waals surface area contributed by atoms with E-state index in [9.17, 15) is 0 Å². The molecule has 112 valence electrons. The summed E-state index contributed by atoms with van der Waals surface area (Å²) >= 11 is 6.35.